The summed E-state index contributed by atoms with van der Waals surface area (Å²) >= 11 is 0. The molecule has 2 amide bonds. The first-order valence-corrected chi connectivity index (χ1v) is 7.37. The topological polar surface area (TPSA) is 93.7 Å². The third kappa shape index (κ3) is 5.28. The molecule has 0 unspecified atom stereocenters. The molecule has 124 valence electrons. The molecule has 23 heavy (non-hydrogen) atoms. The molecule has 7 heteroatoms. The lowest BCUT2D eigenvalue weighted by Crippen LogP contribution is -2.39. The number of carbonyl (C=O) groups excluding carboxylic acids is 3. The number of amides is 2. The average Bonchev–Trinajstić information content (AvgIpc) is 3.34. The van der Waals surface area contributed by atoms with Crippen molar-refractivity contribution in [3.05, 3.63) is 23.8 Å². The number of nitrogens with one attached hydrogen (secondary N) is 2. The van der Waals surface area contributed by atoms with E-state index in [2.05, 4.69) is 10.6 Å². The number of hydrogen-bond donors (Lipinski definition) is 2. The molecule has 0 radical (unpaired) electrons. The number of methoxy groups -OCH3 is 1. The van der Waals surface area contributed by atoms with Gasteiger partial charge in [0, 0.05) is 11.6 Å². The molecular formula is C16H20N2O5. The first-order chi connectivity index (χ1) is 11.0. The van der Waals surface area contributed by atoms with Gasteiger partial charge in [0.15, 0.2) is 23.9 Å². The lowest BCUT2D eigenvalue weighted by Gasteiger charge is -2.11. The molecule has 1 aliphatic carbocycles. The Labute approximate surface area is 134 Å². The fourth-order valence-corrected chi connectivity index (χ4v) is 1.89. The predicted molar refractivity (Wildman–Crippen MR) is 82.7 cm³/mol. The van der Waals surface area contributed by atoms with Crippen LogP contribution in [0.3, 0.4) is 0 Å². The summed E-state index contributed by atoms with van der Waals surface area (Å²) in [5, 5.41) is 5.25. The molecule has 0 saturated heterocycles. The highest BCUT2D eigenvalue weighted by Gasteiger charge is 2.23. The molecule has 2 rings (SSSR count). The van der Waals surface area contributed by atoms with Crippen molar-refractivity contribution >= 4 is 17.6 Å². The van der Waals surface area contributed by atoms with Gasteiger partial charge < -0.3 is 20.1 Å². The van der Waals surface area contributed by atoms with Crippen molar-refractivity contribution in [3.63, 3.8) is 0 Å². The van der Waals surface area contributed by atoms with Crippen LogP contribution in [-0.4, -0.2) is 43.9 Å². The third-order valence-electron chi connectivity index (χ3n) is 3.32. The number of benzene rings is 1. The highest BCUT2D eigenvalue weighted by atomic mass is 16.5. The van der Waals surface area contributed by atoms with Crippen LogP contribution >= 0.6 is 0 Å². The summed E-state index contributed by atoms with van der Waals surface area (Å²) in [5.41, 5.74) is 0.496. The molecule has 1 saturated carbocycles. The van der Waals surface area contributed by atoms with Crippen molar-refractivity contribution in [1.29, 1.82) is 0 Å². The largest absolute Gasteiger partial charge is 0.493 e. The normalized spacial score (nSPS) is 13.1. The summed E-state index contributed by atoms with van der Waals surface area (Å²) in [6.45, 7) is 1.14. The quantitative estimate of drug-likeness (QED) is 0.687. The van der Waals surface area contributed by atoms with Crippen molar-refractivity contribution in [2.24, 2.45) is 0 Å². The third-order valence-corrected chi connectivity index (χ3v) is 3.32. The molecule has 0 atom stereocenters. The minimum Gasteiger partial charge on any atom is -0.493 e. The van der Waals surface area contributed by atoms with Gasteiger partial charge in [-0.3, -0.25) is 14.4 Å². The van der Waals surface area contributed by atoms with Gasteiger partial charge in [-0.25, -0.2) is 0 Å². The molecule has 1 fully saturated rings. The summed E-state index contributed by atoms with van der Waals surface area (Å²) in [7, 11) is 1.45. The zero-order valence-corrected chi connectivity index (χ0v) is 13.2. The molecule has 1 aromatic rings. The molecule has 0 aliphatic heterocycles. The molecule has 0 aromatic heterocycles. The van der Waals surface area contributed by atoms with E-state index in [1.807, 2.05) is 0 Å². The van der Waals surface area contributed by atoms with E-state index in [0.29, 0.717) is 17.1 Å². The van der Waals surface area contributed by atoms with E-state index in [1.54, 1.807) is 18.2 Å². The van der Waals surface area contributed by atoms with Gasteiger partial charge in [-0.15, -0.1) is 0 Å². The number of ether oxygens (including phenoxy) is 2. The van der Waals surface area contributed by atoms with Gasteiger partial charge in [-0.1, -0.05) is 0 Å². The van der Waals surface area contributed by atoms with Gasteiger partial charge in [0.25, 0.3) is 5.91 Å². The van der Waals surface area contributed by atoms with Crippen LogP contribution in [-0.2, 0) is 9.59 Å². The SMILES string of the molecule is COc1cc(C(C)=O)ccc1OCC(=O)NCC(=O)NC1CC1. The summed E-state index contributed by atoms with van der Waals surface area (Å²) in [6, 6.07) is 4.99. The minimum absolute atomic E-state index is 0.0703. The van der Waals surface area contributed by atoms with E-state index in [4.69, 9.17) is 9.47 Å². The van der Waals surface area contributed by atoms with Crippen molar-refractivity contribution < 1.29 is 23.9 Å². The van der Waals surface area contributed by atoms with E-state index in [-0.39, 0.29) is 30.9 Å². The van der Waals surface area contributed by atoms with Gasteiger partial charge in [0.2, 0.25) is 5.91 Å². The molecule has 7 nitrogen and oxygen atoms in total. The van der Waals surface area contributed by atoms with Crippen molar-refractivity contribution in [3.8, 4) is 11.5 Å². The van der Waals surface area contributed by atoms with Crippen LogP contribution in [0.15, 0.2) is 18.2 Å². The molecule has 1 aliphatic rings. The van der Waals surface area contributed by atoms with Crippen molar-refractivity contribution in [1.82, 2.24) is 10.6 Å². The average molecular weight is 320 g/mol. The Balaban J connectivity index is 1.80. The van der Waals surface area contributed by atoms with Crippen LogP contribution in [0, 0.1) is 0 Å². The number of hydrogen-bond acceptors (Lipinski definition) is 5. The zero-order valence-electron chi connectivity index (χ0n) is 13.2. The Morgan fingerprint density at radius 2 is 1.91 bits per heavy atom. The molecule has 2 N–H and O–H groups in total. The number of rotatable bonds is 8. The van der Waals surface area contributed by atoms with Crippen LogP contribution < -0.4 is 20.1 Å². The fraction of sp³-hybridized carbons (Fsp3) is 0.438. The van der Waals surface area contributed by atoms with E-state index in [1.165, 1.54) is 14.0 Å². The molecule has 0 heterocycles. The number of Topliss-reactive ketones (excluding diaryl/α,β-unsaturated/α-hetero) is 1. The second-order valence-corrected chi connectivity index (χ2v) is 5.33. The maximum atomic E-state index is 11.7. The lowest BCUT2D eigenvalue weighted by atomic mass is 10.1. The van der Waals surface area contributed by atoms with Gasteiger partial charge in [0.05, 0.1) is 13.7 Å². The Bertz CT molecular complexity index is 610. The summed E-state index contributed by atoms with van der Waals surface area (Å²) < 4.78 is 10.5. The highest BCUT2D eigenvalue weighted by Crippen LogP contribution is 2.28. The summed E-state index contributed by atoms with van der Waals surface area (Å²) in [6.07, 6.45) is 2.00. The second kappa shape index (κ2) is 7.62. The van der Waals surface area contributed by atoms with Crippen LogP contribution in [0.25, 0.3) is 0 Å². The fourth-order valence-electron chi connectivity index (χ4n) is 1.89. The Hall–Kier alpha value is -2.57. The van der Waals surface area contributed by atoms with Gasteiger partial charge >= 0.3 is 0 Å². The lowest BCUT2D eigenvalue weighted by molar-refractivity contribution is -0.127. The number of carbonyl (C=O) groups is 3. The van der Waals surface area contributed by atoms with E-state index < -0.39 is 5.91 Å². The van der Waals surface area contributed by atoms with Crippen LogP contribution in [0.1, 0.15) is 30.1 Å². The Morgan fingerprint density at radius 3 is 2.52 bits per heavy atom. The molecule has 1 aromatic carbocycles. The summed E-state index contributed by atoms with van der Waals surface area (Å²) in [4.78, 5) is 34.5. The van der Waals surface area contributed by atoms with E-state index >= 15 is 0 Å². The van der Waals surface area contributed by atoms with Crippen LogP contribution in [0.5, 0.6) is 11.5 Å². The van der Waals surface area contributed by atoms with Crippen molar-refractivity contribution in [2.45, 2.75) is 25.8 Å². The van der Waals surface area contributed by atoms with Crippen LogP contribution in [0.2, 0.25) is 0 Å². The van der Waals surface area contributed by atoms with Gasteiger partial charge in [-0.2, -0.15) is 0 Å². The first kappa shape index (κ1) is 16.8. The maximum absolute atomic E-state index is 11.7. The van der Waals surface area contributed by atoms with Crippen LogP contribution in [0.4, 0.5) is 0 Å². The molecule has 0 spiro atoms. The highest BCUT2D eigenvalue weighted by molar-refractivity contribution is 5.94. The van der Waals surface area contributed by atoms with Gasteiger partial charge in [-0.05, 0) is 38.0 Å². The Morgan fingerprint density at radius 1 is 1.17 bits per heavy atom. The van der Waals surface area contributed by atoms with E-state index in [0.717, 1.165) is 12.8 Å². The monoisotopic (exact) mass is 320 g/mol. The van der Waals surface area contributed by atoms with Gasteiger partial charge in [0.1, 0.15) is 0 Å². The Kier molecular flexibility index (Phi) is 5.56. The van der Waals surface area contributed by atoms with E-state index in [9.17, 15) is 14.4 Å². The zero-order chi connectivity index (χ0) is 16.8. The maximum Gasteiger partial charge on any atom is 0.258 e. The smallest absolute Gasteiger partial charge is 0.258 e. The first-order valence-electron chi connectivity index (χ1n) is 7.37. The summed E-state index contributed by atoms with van der Waals surface area (Å²) in [5.74, 6) is 0.0270. The molecular weight excluding hydrogens is 300 g/mol. The predicted octanol–water partition coefficient (Wildman–Crippen LogP) is 0.671. The standard InChI is InChI=1S/C16H20N2O5/c1-10(19)11-3-6-13(14(7-11)22-2)23-9-16(21)17-8-15(20)18-12-4-5-12/h3,6-7,12H,4-5,8-9H2,1-2H3,(H,17,21)(H,18,20). The second-order valence-electron chi connectivity index (χ2n) is 5.33. The number of ketones is 1. The van der Waals surface area contributed by atoms with Crippen molar-refractivity contribution in [2.75, 3.05) is 20.3 Å². The minimum atomic E-state index is -0.409. The molecule has 0 bridgehead atoms.